The molecule has 1 aromatic carbocycles. The molecule has 29 heavy (non-hydrogen) atoms. The van der Waals surface area contributed by atoms with Crippen molar-refractivity contribution >= 4 is 23.2 Å². The topological polar surface area (TPSA) is 88.1 Å². The molecule has 1 aromatic heterocycles. The van der Waals surface area contributed by atoms with Crippen molar-refractivity contribution in [1.82, 2.24) is 25.9 Å². The third-order valence-electron chi connectivity index (χ3n) is 5.64. The van der Waals surface area contributed by atoms with E-state index in [1.807, 2.05) is 30.3 Å². The van der Waals surface area contributed by atoms with Crippen molar-refractivity contribution in [2.24, 2.45) is 11.8 Å². The van der Waals surface area contributed by atoms with Gasteiger partial charge in [-0.25, -0.2) is 4.68 Å². The lowest BCUT2D eigenvalue weighted by atomic mass is 9.78. The van der Waals surface area contributed by atoms with Gasteiger partial charge >= 0.3 is 0 Å². The summed E-state index contributed by atoms with van der Waals surface area (Å²) in [7, 11) is 0. The van der Waals surface area contributed by atoms with Gasteiger partial charge in [-0.05, 0) is 49.5 Å². The van der Waals surface area contributed by atoms with Crippen molar-refractivity contribution < 1.29 is 4.79 Å². The Balaban J connectivity index is 1.66. The number of carbonyl (C=O) groups excluding carboxylic acids is 1. The first-order valence-electron chi connectivity index (χ1n) is 9.90. The number of hydrogen-bond donors (Lipinski definition) is 3. The molecule has 3 N–H and O–H groups in total. The number of amides is 1. The molecule has 0 unspecified atom stereocenters. The molecule has 0 radical (unpaired) electrons. The summed E-state index contributed by atoms with van der Waals surface area (Å²) >= 11 is 5.31. The maximum atomic E-state index is 12.5. The Morgan fingerprint density at radius 2 is 1.90 bits per heavy atom. The predicted octanol–water partition coefficient (Wildman–Crippen LogP) is 2.47. The zero-order chi connectivity index (χ0) is 21.0. The first-order chi connectivity index (χ1) is 13.9. The molecule has 1 saturated carbocycles. The Bertz CT molecular complexity index is 944. The van der Waals surface area contributed by atoms with Gasteiger partial charge in [0.25, 0.3) is 5.91 Å². The maximum absolute atomic E-state index is 12.5. The molecular formula is C21H27N5O2S. The van der Waals surface area contributed by atoms with Crippen molar-refractivity contribution in [1.29, 1.82) is 0 Å². The normalized spacial score (nSPS) is 21.3. The zero-order valence-electron chi connectivity index (χ0n) is 16.9. The molecule has 0 spiro atoms. The number of aryl methyl sites for hydroxylation is 1. The van der Waals surface area contributed by atoms with E-state index in [1.54, 1.807) is 11.6 Å². The van der Waals surface area contributed by atoms with E-state index in [2.05, 4.69) is 35.1 Å². The Labute approximate surface area is 175 Å². The lowest BCUT2D eigenvalue weighted by Gasteiger charge is -2.35. The van der Waals surface area contributed by atoms with E-state index >= 15 is 0 Å². The number of nitrogens with zero attached hydrogens (tertiary/aromatic N) is 2. The number of rotatable bonds is 3. The van der Waals surface area contributed by atoms with Crippen molar-refractivity contribution in [3.8, 4) is 5.69 Å². The molecule has 7 nitrogen and oxygen atoms in total. The number of aromatic nitrogens is 2. The minimum atomic E-state index is -0.631. The highest BCUT2D eigenvalue weighted by molar-refractivity contribution is 7.80. The van der Waals surface area contributed by atoms with Crippen LogP contribution in [0.5, 0.6) is 0 Å². The summed E-state index contributed by atoms with van der Waals surface area (Å²) in [4.78, 5) is 24.8. The van der Waals surface area contributed by atoms with Gasteiger partial charge in [0.15, 0.2) is 10.8 Å². The summed E-state index contributed by atoms with van der Waals surface area (Å²) in [6, 6.07) is 11.0. The summed E-state index contributed by atoms with van der Waals surface area (Å²) < 4.78 is 1.57. The summed E-state index contributed by atoms with van der Waals surface area (Å²) in [6.07, 6.45) is 3.43. The van der Waals surface area contributed by atoms with Gasteiger partial charge in [-0.3, -0.25) is 20.4 Å². The van der Waals surface area contributed by atoms with Gasteiger partial charge in [0.1, 0.15) is 0 Å². The number of hydrogen-bond acceptors (Lipinski definition) is 4. The minimum Gasteiger partial charge on any atom is -0.358 e. The summed E-state index contributed by atoms with van der Waals surface area (Å²) in [5, 5.41) is 7.85. The van der Waals surface area contributed by atoms with E-state index < -0.39 is 11.3 Å². The van der Waals surface area contributed by atoms with Crippen molar-refractivity contribution in [3.63, 3.8) is 0 Å². The Kier molecular flexibility index (Phi) is 6.64. The molecule has 2 aromatic rings. The summed E-state index contributed by atoms with van der Waals surface area (Å²) in [5.74, 6) is 0.497. The number of hydrazine groups is 1. The average Bonchev–Trinajstić information content (AvgIpc) is 2.70. The largest absolute Gasteiger partial charge is 0.358 e. The van der Waals surface area contributed by atoms with Crippen LogP contribution in [0.2, 0.25) is 0 Å². The molecule has 8 heteroatoms. The molecule has 3 atom stereocenters. The highest BCUT2D eigenvalue weighted by Gasteiger charge is 2.27. The summed E-state index contributed by atoms with van der Waals surface area (Å²) in [5.41, 5.74) is 5.95. The standard InChI is InChI=1S/C21H27N5O2S/c1-13-8-7-11-17(15(13)3)22-21(29)24-23-20(28)19-18(27)12-14(2)26(25-19)16-9-5-4-6-10-16/h4-6,9-10,12-13,15,17H,7-8,11H2,1-3H3,(H,23,28)(H2,22,24,29)/t13-,15+,17+/m1/s1. The number of nitrogens with one attached hydrogen (secondary N) is 3. The molecule has 1 aliphatic rings. The molecule has 3 rings (SSSR count). The first kappa shape index (κ1) is 21.0. The number of carbonyl (C=O) groups is 1. The quantitative estimate of drug-likeness (QED) is 0.529. The van der Waals surface area contributed by atoms with Crippen LogP contribution in [-0.4, -0.2) is 26.8 Å². The highest BCUT2D eigenvalue weighted by Crippen LogP contribution is 2.29. The van der Waals surface area contributed by atoms with Gasteiger partial charge in [0.2, 0.25) is 5.43 Å². The molecule has 0 aliphatic heterocycles. The van der Waals surface area contributed by atoms with Crippen molar-refractivity contribution in [3.05, 3.63) is 58.0 Å². The van der Waals surface area contributed by atoms with Gasteiger partial charge in [0.05, 0.1) is 5.69 Å². The zero-order valence-corrected chi connectivity index (χ0v) is 17.8. The van der Waals surface area contributed by atoms with Gasteiger partial charge in [-0.15, -0.1) is 0 Å². The maximum Gasteiger partial charge on any atom is 0.294 e. The molecule has 1 fully saturated rings. The number of benzene rings is 1. The van der Waals surface area contributed by atoms with Crippen LogP contribution >= 0.6 is 12.2 Å². The monoisotopic (exact) mass is 413 g/mol. The minimum absolute atomic E-state index is 0.200. The molecule has 0 saturated heterocycles. The predicted molar refractivity (Wildman–Crippen MR) is 117 cm³/mol. The fraction of sp³-hybridized carbons (Fsp3) is 0.429. The second-order valence-electron chi connectivity index (χ2n) is 7.67. The molecule has 1 amide bonds. The van der Waals surface area contributed by atoms with E-state index in [9.17, 15) is 9.59 Å². The van der Waals surface area contributed by atoms with Gasteiger partial charge in [-0.1, -0.05) is 44.9 Å². The molecule has 0 bridgehead atoms. The van der Waals surface area contributed by atoms with Gasteiger partial charge in [0, 0.05) is 17.8 Å². The smallest absolute Gasteiger partial charge is 0.294 e. The van der Waals surface area contributed by atoms with E-state index in [-0.39, 0.29) is 11.7 Å². The number of thiocarbonyl (C=S) groups is 1. The molecule has 1 aliphatic carbocycles. The van der Waals surface area contributed by atoms with E-state index in [0.717, 1.165) is 18.5 Å². The third kappa shape index (κ3) is 5.00. The second-order valence-corrected chi connectivity index (χ2v) is 8.08. The molecule has 154 valence electrons. The Hall–Kier alpha value is -2.74. The lowest BCUT2D eigenvalue weighted by Crippen LogP contribution is -2.53. The molecule has 1 heterocycles. The lowest BCUT2D eigenvalue weighted by molar-refractivity contribution is 0.0935. The van der Waals surface area contributed by atoms with Crippen LogP contribution < -0.4 is 21.6 Å². The summed E-state index contributed by atoms with van der Waals surface area (Å²) in [6.45, 7) is 6.23. The van der Waals surface area contributed by atoms with Crippen molar-refractivity contribution in [2.45, 2.75) is 46.1 Å². The van der Waals surface area contributed by atoms with Crippen LogP contribution in [0, 0.1) is 18.8 Å². The van der Waals surface area contributed by atoms with Crippen LogP contribution in [0.25, 0.3) is 5.69 Å². The van der Waals surface area contributed by atoms with E-state index in [4.69, 9.17) is 12.2 Å². The van der Waals surface area contributed by atoms with E-state index in [1.165, 1.54) is 12.5 Å². The highest BCUT2D eigenvalue weighted by atomic mass is 32.1. The molecular weight excluding hydrogens is 386 g/mol. The Morgan fingerprint density at radius 1 is 1.17 bits per heavy atom. The Morgan fingerprint density at radius 3 is 2.62 bits per heavy atom. The van der Waals surface area contributed by atoms with Crippen LogP contribution in [0.1, 0.15) is 49.3 Å². The fourth-order valence-electron chi connectivity index (χ4n) is 3.70. The van der Waals surface area contributed by atoms with Gasteiger partial charge in [-0.2, -0.15) is 5.10 Å². The van der Waals surface area contributed by atoms with Crippen molar-refractivity contribution in [2.75, 3.05) is 0 Å². The average molecular weight is 414 g/mol. The van der Waals surface area contributed by atoms with Crippen LogP contribution in [0.4, 0.5) is 0 Å². The first-order valence-corrected chi connectivity index (χ1v) is 10.3. The van der Waals surface area contributed by atoms with Crippen LogP contribution in [0.15, 0.2) is 41.2 Å². The fourth-order valence-corrected chi connectivity index (χ4v) is 3.90. The second kappa shape index (κ2) is 9.17. The van der Waals surface area contributed by atoms with Gasteiger partial charge < -0.3 is 5.32 Å². The number of para-hydroxylation sites is 1. The third-order valence-corrected chi connectivity index (χ3v) is 5.86. The SMILES string of the molecule is Cc1cc(=O)c(C(=O)NNC(=S)N[C@H]2CCC[C@@H](C)[C@@H]2C)nn1-c1ccccc1. The van der Waals surface area contributed by atoms with Crippen LogP contribution in [0.3, 0.4) is 0 Å². The van der Waals surface area contributed by atoms with Crippen LogP contribution in [-0.2, 0) is 0 Å². The van der Waals surface area contributed by atoms with E-state index in [0.29, 0.717) is 22.6 Å².